The van der Waals surface area contributed by atoms with Crippen molar-refractivity contribution in [3.63, 3.8) is 0 Å². The quantitative estimate of drug-likeness (QED) is 0.171. The lowest BCUT2D eigenvalue weighted by molar-refractivity contribution is 0.659. The van der Waals surface area contributed by atoms with Gasteiger partial charge in [0, 0.05) is 32.7 Å². The van der Waals surface area contributed by atoms with Crippen LogP contribution in [0.3, 0.4) is 0 Å². The van der Waals surface area contributed by atoms with E-state index in [1.165, 1.54) is 27.8 Å². The summed E-state index contributed by atoms with van der Waals surface area (Å²) in [5.41, 5.74) is 16.9. The summed E-state index contributed by atoms with van der Waals surface area (Å²) in [5, 5.41) is 4.32. The van der Waals surface area contributed by atoms with E-state index in [2.05, 4.69) is 194 Å². The molecule has 2 heteroatoms. The van der Waals surface area contributed by atoms with Crippen LogP contribution in [0, 0.1) is 0 Å². The molecule has 0 unspecified atom stereocenters. The van der Waals surface area contributed by atoms with Gasteiger partial charge < -0.3 is 8.83 Å². The van der Waals surface area contributed by atoms with Crippen molar-refractivity contribution in [3.05, 3.63) is 206 Å². The van der Waals surface area contributed by atoms with Gasteiger partial charge >= 0.3 is 0 Å². The number of fused-ring (bicyclic) bond motifs is 6. The van der Waals surface area contributed by atoms with E-state index in [-0.39, 0.29) is 0 Å². The maximum Gasteiger partial charge on any atom is 0.147 e. The highest BCUT2D eigenvalue weighted by Crippen LogP contribution is 2.47. The Hall–Kier alpha value is -7.42. The molecular formula is C54H34O2. The molecule has 262 valence electrons. The Labute approximate surface area is 324 Å². The highest BCUT2D eigenvalue weighted by molar-refractivity contribution is 6.24. The Morgan fingerprint density at radius 3 is 1.02 bits per heavy atom. The second-order valence-corrected chi connectivity index (χ2v) is 14.4. The fourth-order valence-electron chi connectivity index (χ4n) is 8.35. The van der Waals surface area contributed by atoms with E-state index in [9.17, 15) is 0 Å². The minimum atomic E-state index is 0.828. The molecule has 0 aliphatic heterocycles. The zero-order chi connectivity index (χ0) is 37.0. The van der Waals surface area contributed by atoms with Crippen LogP contribution in [0.15, 0.2) is 215 Å². The molecule has 0 atom stereocenters. The standard InChI is InChI=1S/C54H34O2/c1-5-15-35(16-6-1)41-31-42(36-17-7-2-8-18-36)33-43(32-41)37-27-29-39(30-28-37)45-24-14-26-47-49-34-48-46-25-13-23-44(38-19-9-3-10-20-38)51(46)55-53(48)50(54(49)56-52(45)47)40-21-11-4-12-22-40/h1-34H. The number of benzene rings is 9. The molecule has 0 spiro atoms. The van der Waals surface area contributed by atoms with Crippen LogP contribution in [-0.2, 0) is 0 Å². The van der Waals surface area contributed by atoms with Crippen LogP contribution in [-0.4, -0.2) is 0 Å². The van der Waals surface area contributed by atoms with Gasteiger partial charge in [0.15, 0.2) is 0 Å². The Kier molecular flexibility index (Phi) is 7.53. The Morgan fingerprint density at radius 1 is 0.214 bits per heavy atom. The number of rotatable bonds is 6. The summed E-state index contributed by atoms with van der Waals surface area (Å²) in [7, 11) is 0. The minimum Gasteiger partial charge on any atom is -0.455 e. The molecule has 0 bridgehead atoms. The molecule has 56 heavy (non-hydrogen) atoms. The Balaban J connectivity index is 1.07. The largest absolute Gasteiger partial charge is 0.455 e. The fourth-order valence-corrected chi connectivity index (χ4v) is 8.35. The van der Waals surface area contributed by atoms with Crippen LogP contribution < -0.4 is 0 Å². The van der Waals surface area contributed by atoms with Crippen molar-refractivity contribution in [2.24, 2.45) is 0 Å². The molecule has 11 rings (SSSR count). The van der Waals surface area contributed by atoms with Crippen LogP contribution in [0.2, 0.25) is 0 Å². The summed E-state index contributed by atoms with van der Waals surface area (Å²) < 4.78 is 13.9. The molecular weight excluding hydrogens is 681 g/mol. The van der Waals surface area contributed by atoms with Crippen LogP contribution in [0.1, 0.15) is 0 Å². The zero-order valence-electron chi connectivity index (χ0n) is 30.4. The summed E-state index contributed by atoms with van der Waals surface area (Å²) in [6.07, 6.45) is 0. The van der Waals surface area contributed by atoms with Gasteiger partial charge in [-0.3, -0.25) is 0 Å². The first-order valence-electron chi connectivity index (χ1n) is 19.1. The second kappa shape index (κ2) is 13.2. The average Bonchev–Trinajstić information content (AvgIpc) is 3.85. The van der Waals surface area contributed by atoms with Crippen molar-refractivity contribution in [1.82, 2.24) is 0 Å². The third kappa shape index (κ3) is 5.34. The first-order valence-corrected chi connectivity index (χ1v) is 19.1. The van der Waals surface area contributed by atoms with E-state index in [1.54, 1.807) is 0 Å². The van der Waals surface area contributed by atoms with Gasteiger partial charge in [-0.2, -0.15) is 0 Å². The third-order valence-electron chi connectivity index (χ3n) is 11.1. The van der Waals surface area contributed by atoms with E-state index in [0.29, 0.717) is 0 Å². The lowest BCUT2D eigenvalue weighted by Crippen LogP contribution is -1.86. The monoisotopic (exact) mass is 714 g/mol. The summed E-state index contributed by atoms with van der Waals surface area (Å²) in [4.78, 5) is 0. The molecule has 0 saturated carbocycles. The van der Waals surface area contributed by atoms with Crippen LogP contribution in [0.25, 0.3) is 111 Å². The molecule has 9 aromatic carbocycles. The highest BCUT2D eigenvalue weighted by Gasteiger charge is 2.23. The van der Waals surface area contributed by atoms with Crippen molar-refractivity contribution in [2.75, 3.05) is 0 Å². The lowest BCUT2D eigenvalue weighted by atomic mass is 9.92. The Morgan fingerprint density at radius 2 is 0.571 bits per heavy atom. The molecule has 0 saturated heterocycles. The van der Waals surface area contributed by atoms with Crippen LogP contribution in [0.4, 0.5) is 0 Å². The molecule has 0 amide bonds. The van der Waals surface area contributed by atoms with Crippen LogP contribution >= 0.6 is 0 Å². The number of furan rings is 2. The Bertz CT molecular complexity index is 3130. The number of para-hydroxylation sites is 2. The van der Waals surface area contributed by atoms with Crippen molar-refractivity contribution < 1.29 is 8.83 Å². The van der Waals surface area contributed by atoms with E-state index >= 15 is 0 Å². The molecule has 0 radical (unpaired) electrons. The second-order valence-electron chi connectivity index (χ2n) is 14.4. The van der Waals surface area contributed by atoms with Gasteiger partial charge in [-0.05, 0) is 74.3 Å². The topological polar surface area (TPSA) is 26.3 Å². The smallest absolute Gasteiger partial charge is 0.147 e. The molecule has 2 aromatic heterocycles. The summed E-state index contributed by atoms with van der Waals surface area (Å²) in [6, 6.07) is 73.1. The highest BCUT2D eigenvalue weighted by atomic mass is 16.3. The maximum atomic E-state index is 7.03. The first-order chi connectivity index (χ1) is 27.8. The molecule has 2 heterocycles. The lowest BCUT2D eigenvalue weighted by Gasteiger charge is -2.12. The van der Waals surface area contributed by atoms with Crippen molar-refractivity contribution in [1.29, 1.82) is 0 Å². The minimum absolute atomic E-state index is 0.828. The summed E-state index contributed by atoms with van der Waals surface area (Å²) in [6.45, 7) is 0. The number of hydrogen-bond donors (Lipinski definition) is 0. The van der Waals surface area contributed by atoms with Gasteiger partial charge in [-0.25, -0.2) is 0 Å². The summed E-state index contributed by atoms with van der Waals surface area (Å²) in [5.74, 6) is 0. The zero-order valence-corrected chi connectivity index (χ0v) is 30.4. The van der Waals surface area contributed by atoms with E-state index in [1.807, 2.05) is 12.1 Å². The maximum absolute atomic E-state index is 7.03. The summed E-state index contributed by atoms with van der Waals surface area (Å²) >= 11 is 0. The van der Waals surface area contributed by atoms with Gasteiger partial charge in [-0.1, -0.05) is 182 Å². The fraction of sp³-hybridized carbons (Fsp3) is 0. The van der Waals surface area contributed by atoms with Gasteiger partial charge in [0.1, 0.15) is 22.3 Å². The van der Waals surface area contributed by atoms with Gasteiger partial charge in [-0.15, -0.1) is 0 Å². The molecule has 0 aliphatic rings. The third-order valence-corrected chi connectivity index (χ3v) is 11.1. The predicted octanol–water partition coefficient (Wildman–Crippen LogP) is 15.5. The first kappa shape index (κ1) is 32.0. The van der Waals surface area contributed by atoms with E-state index in [4.69, 9.17) is 8.83 Å². The van der Waals surface area contributed by atoms with E-state index in [0.717, 1.165) is 82.8 Å². The SMILES string of the molecule is c1ccc(-c2cc(-c3ccccc3)cc(-c3ccc(-c4cccc5c4oc4c(-c6ccccc6)c6oc7c(-c8ccccc8)cccc7c6cc45)cc3)c2)cc1. The van der Waals surface area contributed by atoms with Gasteiger partial charge in [0.25, 0.3) is 0 Å². The molecule has 2 nitrogen and oxygen atoms in total. The van der Waals surface area contributed by atoms with Crippen molar-refractivity contribution >= 4 is 43.9 Å². The van der Waals surface area contributed by atoms with Gasteiger partial charge in [0.05, 0.1) is 5.56 Å². The van der Waals surface area contributed by atoms with Gasteiger partial charge in [0.2, 0.25) is 0 Å². The van der Waals surface area contributed by atoms with Crippen molar-refractivity contribution in [2.45, 2.75) is 0 Å². The average molecular weight is 715 g/mol. The number of hydrogen-bond acceptors (Lipinski definition) is 2. The van der Waals surface area contributed by atoms with E-state index < -0.39 is 0 Å². The molecule has 11 aromatic rings. The predicted molar refractivity (Wildman–Crippen MR) is 234 cm³/mol. The molecule has 0 aliphatic carbocycles. The molecule has 0 fully saturated rings. The van der Waals surface area contributed by atoms with Crippen molar-refractivity contribution in [3.8, 4) is 66.8 Å². The van der Waals surface area contributed by atoms with Crippen LogP contribution in [0.5, 0.6) is 0 Å². The normalized spacial score (nSPS) is 11.6. The molecule has 0 N–H and O–H groups in total.